The molecule has 2 N–H and O–H groups in total. The van der Waals surface area contributed by atoms with Crippen LogP contribution in [0.4, 0.5) is 0 Å². The third kappa shape index (κ3) is 5.57. The molecule has 0 aliphatic carbocycles. The smallest absolute Gasteiger partial charge is 0.239 e. The van der Waals surface area contributed by atoms with Crippen molar-refractivity contribution >= 4 is 11.8 Å². The molecule has 0 unspecified atom stereocenters. The zero-order valence-corrected chi connectivity index (χ0v) is 13.8. The number of carbonyl (C=O) groups is 2. The van der Waals surface area contributed by atoms with Gasteiger partial charge in [0.25, 0.3) is 0 Å². The zero-order valence-electron chi connectivity index (χ0n) is 13.8. The summed E-state index contributed by atoms with van der Waals surface area (Å²) in [4.78, 5) is 23.4. The fourth-order valence-electron chi connectivity index (χ4n) is 2.15. The van der Waals surface area contributed by atoms with Crippen molar-refractivity contribution in [2.24, 2.45) is 7.05 Å². The molecule has 1 heterocycles. The van der Waals surface area contributed by atoms with E-state index >= 15 is 0 Å². The molecule has 0 spiro atoms. The Balaban J connectivity index is 2.40. The van der Waals surface area contributed by atoms with Crippen molar-refractivity contribution in [3.63, 3.8) is 0 Å². The van der Waals surface area contributed by atoms with Gasteiger partial charge in [0.05, 0.1) is 12.2 Å². The lowest BCUT2D eigenvalue weighted by molar-refractivity contribution is -0.126. The topological polar surface area (TPSA) is 76.0 Å². The molecule has 1 aromatic rings. The Morgan fingerprint density at radius 1 is 1.19 bits per heavy atom. The van der Waals surface area contributed by atoms with Crippen LogP contribution in [0.5, 0.6) is 0 Å². The molecule has 0 aliphatic heterocycles. The Kier molecular flexibility index (Phi) is 5.52. The van der Waals surface area contributed by atoms with Crippen LogP contribution < -0.4 is 10.6 Å². The number of nitrogens with zero attached hydrogens (tertiary/aromatic N) is 2. The van der Waals surface area contributed by atoms with Crippen LogP contribution in [0.15, 0.2) is 0 Å². The highest BCUT2D eigenvalue weighted by molar-refractivity contribution is 5.85. The van der Waals surface area contributed by atoms with Gasteiger partial charge in [0.2, 0.25) is 11.8 Å². The van der Waals surface area contributed by atoms with Crippen molar-refractivity contribution in [1.29, 1.82) is 0 Å². The van der Waals surface area contributed by atoms with Crippen molar-refractivity contribution < 1.29 is 9.59 Å². The molecule has 0 aliphatic rings. The number of aromatic nitrogens is 2. The van der Waals surface area contributed by atoms with Crippen LogP contribution in [0, 0.1) is 13.8 Å². The molecule has 0 fully saturated rings. The Morgan fingerprint density at radius 2 is 1.81 bits per heavy atom. The normalized spacial score (nSPS) is 11.3. The van der Waals surface area contributed by atoms with E-state index in [1.54, 1.807) is 0 Å². The van der Waals surface area contributed by atoms with E-state index in [4.69, 9.17) is 0 Å². The summed E-state index contributed by atoms with van der Waals surface area (Å²) in [6.45, 7) is 9.66. The first-order valence-corrected chi connectivity index (χ1v) is 7.17. The number of rotatable bonds is 5. The fourth-order valence-corrected chi connectivity index (χ4v) is 2.15. The average molecular weight is 294 g/mol. The van der Waals surface area contributed by atoms with Crippen LogP contribution in [0.1, 0.15) is 44.1 Å². The van der Waals surface area contributed by atoms with E-state index in [1.807, 2.05) is 46.3 Å². The molecule has 6 nitrogen and oxygen atoms in total. The largest absolute Gasteiger partial charge is 0.350 e. The van der Waals surface area contributed by atoms with Crippen molar-refractivity contribution in [3.8, 4) is 0 Å². The van der Waals surface area contributed by atoms with Crippen LogP contribution in [0.2, 0.25) is 0 Å². The molecule has 2 amide bonds. The molecule has 1 aromatic heterocycles. The lowest BCUT2D eigenvalue weighted by Gasteiger charge is -2.20. The van der Waals surface area contributed by atoms with Gasteiger partial charge in [-0.15, -0.1) is 0 Å². The molecule has 0 bridgehead atoms. The number of hydrogen-bond donors (Lipinski definition) is 2. The van der Waals surface area contributed by atoms with Gasteiger partial charge >= 0.3 is 0 Å². The molecule has 21 heavy (non-hydrogen) atoms. The summed E-state index contributed by atoms with van der Waals surface area (Å²) >= 11 is 0. The molecule has 0 saturated carbocycles. The molecule has 0 saturated heterocycles. The quantitative estimate of drug-likeness (QED) is 0.850. The van der Waals surface area contributed by atoms with Gasteiger partial charge < -0.3 is 10.6 Å². The van der Waals surface area contributed by atoms with E-state index in [0.717, 1.165) is 17.0 Å². The molecule has 0 atom stereocenters. The minimum absolute atomic E-state index is 0.0150. The van der Waals surface area contributed by atoms with Crippen LogP contribution >= 0.6 is 0 Å². The van der Waals surface area contributed by atoms with E-state index in [9.17, 15) is 9.59 Å². The third-order valence-corrected chi connectivity index (χ3v) is 3.22. The highest BCUT2D eigenvalue weighted by Gasteiger charge is 2.15. The maximum Gasteiger partial charge on any atom is 0.239 e. The van der Waals surface area contributed by atoms with Crippen molar-refractivity contribution in [2.45, 2.75) is 53.0 Å². The second-order valence-corrected chi connectivity index (χ2v) is 6.35. The second-order valence-electron chi connectivity index (χ2n) is 6.35. The number of hydrogen-bond acceptors (Lipinski definition) is 3. The summed E-state index contributed by atoms with van der Waals surface area (Å²) < 4.78 is 1.82. The van der Waals surface area contributed by atoms with Crippen molar-refractivity contribution in [1.82, 2.24) is 20.4 Å². The summed E-state index contributed by atoms with van der Waals surface area (Å²) in [6, 6.07) is 0. The van der Waals surface area contributed by atoms with E-state index in [1.165, 1.54) is 0 Å². The van der Waals surface area contributed by atoms with Crippen LogP contribution in [-0.2, 0) is 23.1 Å². The first-order chi connectivity index (χ1) is 9.60. The van der Waals surface area contributed by atoms with E-state index in [0.29, 0.717) is 12.8 Å². The van der Waals surface area contributed by atoms with Gasteiger partial charge in [-0.25, -0.2) is 0 Å². The summed E-state index contributed by atoms with van der Waals surface area (Å²) in [5.74, 6) is -0.300. The lowest BCUT2D eigenvalue weighted by Crippen LogP contribution is -2.45. The molecule has 118 valence electrons. The van der Waals surface area contributed by atoms with Crippen LogP contribution in [0.3, 0.4) is 0 Å². The van der Waals surface area contributed by atoms with Gasteiger partial charge in [-0.2, -0.15) is 5.10 Å². The number of aryl methyl sites for hydroxylation is 2. The summed E-state index contributed by atoms with van der Waals surface area (Å²) in [5, 5.41) is 9.77. The van der Waals surface area contributed by atoms with E-state index < -0.39 is 0 Å². The summed E-state index contributed by atoms with van der Waals surface area (Å²) in [6.07, 6.45) is 0.994. The Morgan fingerprint density at radius 3 is 2.29 bits per heavy atom. The minimum Gasteiger partial charge on any atom is -0.350 e. The zero-order chi connectivity index (χ0) is 16.2. The number of carbonyl (C=O) groups excluding carboxylic acids is 2. The highest BCUT2D eigenvalue weighted by atomic mass is 16.2. The summed E-state index contributed by atoms with van der Waals surface area (Å²) in [5.41, 5.74) is 2.84. The monoisotopic (exact) mass is 294 g/mol. The Hall–Kier alpha value is -1.85. The first kappa shape index (κ1) is 17.2. The van der Waals surface area contributed by atoms with E-state index in [2.05, 4.69) is 15.7 Å². The van der Waals surface area contributed by atoms with Gasteiger partial charge in [-0.3, -0.25) is 14.3 Å². The molecule has 1 rings (SSSR count). The van der Waals surface area contributed by atoms with Gasteiger partial charge in [-0.1, -0.05) is 0 Å². The SMILES string of the molecule is Cc1nn(C)c(C)c1CCC(=O)NCC(=O)NC(C)(C)C. The number of amides is 2. The Bertz CT molecular complexity index is 527. The van der Waals surface area contributed by atoms with Crippen molar-refractivity contribution in [3.05, 3.63) is 17.0 Å². The average Bonchev–Trinajstić information content (AvgIpc) is 2.57. The van der Waals surface area contributed by atoms with Crippen LogP contribution in [-0.4, -0.2) is 33.7 Å². The summed E-state index contributed by atoms with van der Waals surface area (Å²) in [7, 11) is 1.89. The van der Waals surface area contributed by atoms with Gasteiger partial charge in [-0.05, 0) is 46.6 Å². The van der Waals surface area contributed by atoms with Crippen molar-refractivity contribution in [2.75, 3.05) is 6.54 Å². The second kappa shape index (κ2) is 6.74. The third-order valence-electron chi connectivity index (χ3n) is 3.22. The molecule has 0 aromatic carbocycles. The molecular formula is C15H26N4O2. The minimum atomic E-state index is -0.286. The predicted molar refractivity (Wildman–Crippen MR) is 81.9 cm³/mol. The fraction of sp³-hybridized carbons (Fsp3) is 0.667. The van der Waals surface area contributed by atoms with Gasteiger partial charge in [0, 0.05) is 24.7 Å². The number of nitrogens with one attached hydrogen (secondary N) is 2. The molecular weight excluding hydrogens is 268 g/mol. The van der Waals surface area contributed by atoms with E-state index in [-0.39, 0.29) is 23.9 Å². The predicted octanol–water partition coefficient (Wildman–Crippen LogP) is 1.00. The standard InChI is InChI=1S/C15H26N4O2/c1-10-12(11(2)19(6)18-10)7-8-13(20)16-9-14(21)17-15(3,4)5/h7-9H2,1-6H3,(H,16,20)(H,17,21). The van der Waals surface area contributed by atoms with Gasteiger partial charge in [0.15, 0.2) is 0 Å². The molecule has 0 radical (unpaired) electrons. The van der Waals surface area contributed by atoms with Gasteiger partial charge in [0.1, 0.15) is 0 Å². The first-order valence-electron chi connectivity index (χ1n) is 7.17. The lowest BCUT2D eigenvalue weighted by atomic mass is 10.1. The maximum absolute atomic E-state index is 11.8. The maximum atomic E-state index is 11.8. The Labute approximate surface area is 126 Å². The highest BCUT2D eigenvalue weighted by Crippen LogP contribution is 2.13. The molecule has 6 heteroatoms. The van der Waals surface area contributed by atoms with Crippen LogP contribution in [0.25, 0.3) is 0 Å².